The highest BCUT2D eigenvalue weighted by atomic mass is 19.1. The van der Waals surface area contributed by atoms with Gasteiger partial charge >= 0.3 is 0 Å². The summed E-state index contributed by atoms with van der Waals surface area (Å²) in [5.74, 6) is 0.330. The van der Waals surface area contributed by atoms with Crippen molar-refractivity contribution >= 4 is 5.91 Å². The average Bonchev–Trinajstić information content (AvgIpc) is 2.59. The highest BCUT2D eigenvalue weighted by molar-refractivity contribution is 5.97. The number of carbonyl (C=O) groups is 1. The number of halogens is 1. The zero-order valence-corrected chi connectivity index (χ0v) is 13.7. The minimum absolute atomic E-state index is 0.179. The fourth-order valence-corrected chi connectivity index (χ4v) is 2.32. The van der Waals surface area contributed by atoms with Crippen molar-refractivity contribution in [2.75, 3.05) is 21.3 Å². The number of hydrogen-bond acceptors (Lipinski definition) is 3. The Balaban J connectivity index is 2.26. The average molecular weight is 317 g/mol. The van der Waals surface area contributed by atoms with Crippen molar-refractivity contribution in [2.45, 2.75) is 13.0 Å². The Bertz CT molecular complexity index is 685. The third-order valence-electron chi connectivity index (χ3n) is 3.89. The SMILES string of the molecule is COc1ccc(C(C)N(C)C(=O)c2cc(F)ccc2OC)cc1. The van der Waals surface area contributed by atoms with Crippen molar-refractivity contribution in [3.8, 4) is 11.5 Å². The van der Waals surface area contributed by atoms with E-state index in [1.54, 1.807) is 19.1 Å². The molecule has 0 aromatic heterocycles. The van der Waals surface area contributed by atoms with Crippen LogP contribution in [0, 0.1) is 5.82 Å². The first-order valence-electron chi connectivity index (χ1n) is 7.22. The zero-order valence-electron chi connectivity index (χ0n) is 13.7. The van der Waals surface area contributed by atoms with E-state index in [0.717, 1.165) is 11.3 Å². The van der Waals surface area contributed by atoms with Gasteiger partial charge in [-0.25, -0.2) is 4.39 Å². The number of carbonyl (C=O) groups excluding carboxylic acids is 1. The van der Waals surface area contributed by atoms with Crippen LogP contribution in [0.3, 0.4) is 0 Å². The van der Waals surface area contributed by atoms with E-state index in [9.17, 15) is 9.18 Å². The van der Waals surface area contributed by atoms with Crippen LogP contribution < -0.4 is 9.47 Å². The maximum absolute atomic E-state index is 13.5. The van der Waals surface area contributed by atoms with Gasteiger partial charge in [0.1, 0.15) is 17.3 Å². The van der Waals surface area contributed by atoms with E-state index in [-0.39, 0.29) is 17.5 Å². The largest absolute Gasteiger partial charge is 0.497 e. The number of ether oxygens (including phenoxy) is 2. The van der Waals surface area contributed by atoms with Gasteiger partial charge in [-0.3, -0.25) is 4.79 Å². The molecule has 1 unspecified atom stereocenters. The molecule has 0 spiro atoms. The standard InChI is InChI=1S/C18H20FNO3/c1-12(13-5-8-15(22-3)9-6-13)20(2)18(21)16-11-14(19)7-10-17(16)23-4/h5-12H,1-4H3. The molecular weight excluding hydrogens is 297 g/mol. The van der Waals surface area contributed by atoms with Gasteiger partial charge in [0.25, 0.3) is 5.91 Å². The van der Waals surface area contributed by atoms with E-state index in [4.69, 9.17) is 9.47 Å². The summed E-state index contributed by atoms with van der Waals surface area (Å²) in [6.45, 7) is 1.91. The fourth-order valence-electron chi connectivity index (χ4n) is 2.32. The fraction of sp³-hybridized carbons (Fsp3) is 0.278. The van der Waals surface area contributed by atoms with E-state index in [1.807, 2.05) is 31.2 Å². The lowest BCUT2D eigenvalue weighted by Crippen LogP contribution is -2.30. The molecule has 0 bridgehead atoms. The van der Waals surface area contributed by atoms with Crippen LogP contribution in [0.4, 0.5) is 4.39 Å². The number of nitrogens with zero attached hydrogens (tertiary/aromatic N) is 1. The van der Waals surface area contributed by atoms with Gasteiger partial charge in [-0.2, -0.15) is 0 Å². The number of amides is 1. The van der Waals surface area contributed by atoms with Crippen molar-refractivity contribution in [1.29, 1.82) is 0 Å². The Hall–Kier alpha value is -2.56. The second kappa shape index (κ2) is 7.13. The molecule has 0 N–H and O–H groups in total. The summed E-state index contributed by atoms with van der Waals surface area (Å²) in [4.78, 5) is 14.2. The van der Waals surface area contributed by atoms with E-state index >= 15 is 0 Å². The molecule has 0 aliphatic rings. The van der Waals surface area contributed by atoms with Gasteiger partial charge in [0.05, 0.1) is 25.8 Å². The Morgan fingerprint density at radius 3 is 2.30 bits per heavy atom. The predicted molar refractivity (Wildman–Crippen MR) is 86.5 cm³/mol. The molecule has 0 saturated heterocycles. The van der Waals surface area contributed by atoms with E-state index < -0.39 is 5.82 Å². The second-order valence-electron chi connectivity index (χ2n) is 5.21. The summed E-state index contributed by atoms with van der Waals surface area (Å²) < 4.78 is 23.8. The molecular formula is C18H20FNO3. The third kappa shape index (κ3) is 3.62. The first kappa shape index (κ1) is 16.8. The highest BCUT2D eigenvalue weighted by Crippen LogP contribution is 2.26. The molecule has 0 fully saturated rings. The lowest BCUT2D eigenvalue weighted by molar-refractivity contribution is 0.0738. The molecule has 23 heavy (non-hydrogen) atoms. The summed E-state index contributed by atoms with van der Waals surface area (Å²) in [6, 6.07) is 11.2. The van der Waals surface area contributed by atoms with Gasteiger partial charge in [0.15, 0.2) is 0 Å². The summed E-state index contributed by atoms with van der Waals surface area (Å²) in [7, 11) is 4.74. The van der Waals surface area contributed by atoms with Crippen LogP contribution in [0.2, 0.25) is 0 Å². The molecule has 1 amide bonds. The quantitative estimate of drug-likeness (QED) is 0.844. The number of methoxy groups -OCH3 is 2. The Kier molecular flexibility index (Phi) is 5.21. The van der Waals surface area contributed by atoms with Crippen LogP contribution >= 0.6 is 0 Å². The third-order valence-corrected chi connectivity index (χ3v) is 3.89. The van der Waals surface area contributed by atoms with Gasteiger partial charge in [-0.1, -0.05) is 12.1 Å². The van der Waals surface area contributed by atoms with Crippen LogP contribution in [-0.4, -0.2) is 32.1 Å². The summed E-state index contributed by atoms with van der Waals surface area (Å²) in [5, 5.41) is 0. The van der Waals surface area contributed by atoms with E-state index in [2.05, 4.69) is 0 Å². The predicted octanol–water partition coefficient (Wildman–Crippen LogP) is 3.68. The van der Waals surface area contributed by atoms with E-state index in [0.29, 0.717) is 5.75 Å². The number of benzene rings is 2. The molecule has 0 radical (unpaired) electrons. The van der Waals surface area contributed by atoms with Crippen LogP contribution in [-0.2, 0) is 0 Å². The van der Waals surface area contributed by atoms with Gasteiger partial charge < -0.3 is 14.4 Å². The van der Waals surface area contributed by atoms with Gasteiger partial charge in [-0.05, 0) is 42.8 Å². The lowest BCUT2D eigenvalue weighted by atomic mass is 10.1. The van der Waals surface area contributed by atoms with Crippen LogP contribution in [0.15, 0.2) is 42.5 Å². The molecule has 0 aliphatic heterocycles. The smallest absolute Gasteiger partial charge is 0.257 e. The number of hydrogen-bond donors (Lipinski definition) is 0. The summed E-state index contributed by atoms with van der Waals surface area (Å²) in [6.07, 6.45) is 0. The van der Waals surface area contributed by atoms with E-state index in [1.165, 1.54) is 25.3 Å². The molecule has 0 heterocycles. The summed E-state index contributed by atoms with van der Waals surface area (Å²) in [5.41, 5.74) is 1.16. The van der Waals surface area contributed by atoms with Crippen molar-refractivity contribution in [3.63, 3.8) is 0 Å². The molecule has 5 heteroatoms. The molecule has 1 atom stereocenters. The molecule has 0 aliphatic carbocycles. The monoisotopic (exact) mass is 317 g/mol. The molecule has 0 saturated carbocycles. The van der Waals surface area contributed by atoms with Gasteiger partial charge in [0.2, 0.25) is 0 Å². The van der Waals surface area contributed by atoms with Crippen molar-refractivity contribution in [2.24, 2.45) is 0 Å². The Morgan fingerprint density at radius 1 is 1.09 bits per heavy atom. The van der Waals surface area contributed by atoms with Crippen LogP contribution in [0.5, 0.6) is 11.5 Å². The molecule has 4 nitrogen and oxygen atoms in total. The minimum atomic E-state index is -0.473. The number of rotatable bonds is 5. The van der Waals surface area contributed by atoms with Crippen molar-refractivity contribution in [3.05, 3.63) is 59.4 Å². The first-order chi connectivity index (χ1) is 11.0. The Morgan fingerprint density at radius 2 is 1.74 bits per heavy atom. The topological polar surface area (TPSA) is 38.8 Å². The van der Waals surface area contributed by atoms with Gasteiger partial charge in [0, 0.05) is 7.05 Å². The van der Waals surface area contributed by atoms with Crippen molar-refractivity contribution in [1.82, 2.24) is 4.90 Å². The van der Waals surface area contributed by atoms with Crippen molar-refractivity contribution < 1.29 is 18.7 Å². The Labute approximate surface area is 135 Å². The molecule has 122 valence electrons. The minimum Gasteiger partial charge on any atom is -0.497 e. The molecule has 2 rings (SSSR count). The second-order valence-corrected chi connectivity index (χ2v) is 5.21. The highest BCUT2D eigenvalue weighted by Gasteiger charge is 2.22. The molecule has 2 aromatic rings. The normalized spacial score (nSPS) is 11.7. The molecule has 2 aromatic carbocycles. The maximum Gasteiger partial charge on any atom is 0.257 e. The van der Waals surface area contributed by atoms with Crippen LogP contribution in [0.25, 0.3) is 0 Å². The lowest BCUT2D eigenvalue weighted by Gasteiger charge is -2.26. The first-order valence-corrected chi connectivity index (χ1v) is 7.22. The zero-order chi connectivity index (χ0) is 17.0. The maximum atomic E-state index is 13.5. The van der Waals surface area contributed by atoms with Crippen LogP contribution in [0.1, 0.15) is 28.9 Å². The van der Waals surface area contributed by atoms with Gasteiger partial charge in [-0.15, -0.1) is 0 Å². The summed E-state index contributed by atoms with van der Waals surface area (Å²) >= 11 is 0.